The predicted octanol–water partition coefficient (Wildman–Crippen LogP) is 4.13. The van der Waals surface area contributed by atoms with Crippen molar-refractivity contribution < 1.29 is 4.79 Å². The topological polar surface area (TPSA) is 29.1 Å². The van der Waals surface area contributed by atoms with Gasteiger partial charge < -0.3 is 5.32 Å². The van der Waals surface area contributed by atoms with Crippen molar-refractivity contribution in [2.75, 3.05) is 0 Å². The van der Waals surface area contributed by atoms with Crippen molar-refractivity contribution >= 4 is 51.7 Å². The Morgan fingerprint density at radius 3 is 2.38 bits per heavy atom. The second-order valence-electron chi connectivity index (χ2n) is 4.45. The van der Waals surface area contributed by atoms with Crippen LogP contribution in [-0.4, -0.2) is 11.4 Å². The van der Waals surface area contributed by atoms with Crippen molar-refractivity contribution in [1.29, 1.82) is 0 Å². The van der Waals surface area contributed by atoms with Crippen molar-refractivity contribution in [3.63, 3.8) is 0 Å². The Hall–Kier alpha value is -0.000000000000000111. The van der Waals surface area contributed by atoms with Crippen LogP contribution in [0.2, 0.25) is 10.0 Å². The van der Waals surface area contributed by atoms with Gasteiger partial charge in [-0.2, -0.15) is 0 Å². The standard InChI is InChI=1S/C11H12Cl2INO/c1-11(2,3)15-10(16)7-4-6(12)5-8(13)9(7)14/h4-5H,1-3H3,(H,15,16). The number of halogens is 3. The third-order valence-electron chi connectivity index (χ3n) is 1.73. The van der Waals surface area contributed by atoms with Crippen LogP contribution in [0.1, 0.15) is 31.1 Å². The molecule has 0 aromatic heterocycles. The lowest BCUT2D eigenvalue weighted by Gasteiger charge is -2.21. The van der Waals surface area contributed by atoms with Gasteiger partial charge in [-0.3, -0.25) is 4.79 Å². The lowest BCUT2D eigenvalue weighted by atomic mass is 10.1. The molecule has 0 heterocycles. The highest BCUT2D eigenvalue weighted by molar-refractivity contribution is 14.1. The molecule has 88 valence electrons. The van der Waals surface area contributed by atoms with E-state index < -0.39 is 0 Å². The summed E-state index contributed by atoms with van der Waals surface area (Å²) in [5.41, 5.74) is 0.225. The monoisotopic (exact) mass is 371 g/mol. The average molecular weight is 372 g/mol. The second-order valence-corrected chi connectivity index (χ2v) is 6.38. The zero-order valence-electron chi connectivity index (χ0n) is 9.20. The SMILES string of the molecule is CC(C)(C)NC(=O)c1cc(Cl)cc(Cl)c1I. The highest BCUT2D eigenvalue weighted by Gasteiger charge is 2.19. The summed E-state index contributed by atoms with van der Waals surface area (Å²) in [6, 6.07) is 3.25. The Balaban J connectivity index is 3.09. The summed E-state index contributed by atoms with van der Waals surface area (Å²) in [7, 11) is 0. The minimum atomic E-state index is -0.283. The van der Waals surface area contributed by atoms with Crippen LogP contribution in [-0.2, 0) is 0 Å². The fourth-order valence-corrected chi connectivity index (χ4v) is 2.18. The zero-order chi connectivity index (χ0) is 12.5. The minimum Gasteiger partial charge on any atom is -0.347 e. The van der Waals surface area contributed by atoms with Crippen LogP contribution in [0.4, 0.5) is 0 Å². The van der Waals surface area contributed by atoms with E-state index in [0.29, 0.717) is 19.2 Å². The van der Waals surface area contributed by atoms with E-state index in [9.17, 15) is 4.79 Å². The Morgan fingerprint density at radius 1 is 1.31 bits per heavy atom. The number of benzene rings is 1. The lowest BCUT2D eigenvalue weighted by Crippen LogP contribution is -2.40. The Morgan fingerprint density at radius 2 is 1.88 bits per heavy atom. The Bertz CT molecular complexity index is 427. The molecule has 1 aromatic rings. The van der Waals surface area contributed by atoms with Crippen LogP contribution in [0, 0.1) is 3.57 Å². The highest BCUT2D eigenvalue weighted by Crippen LogP contribution is 2.27. The quantitative estimate of drug-likeness (QED) is 0.583. The molecule has 0 fully saturated rings. The average Bonchev–Trinajstić information content (AvgIpc) is 2.08. The van der Waals surface area contributed by atoms with E-state index in [1.54, 1.807) is 12.1 Å². The summed E-state index contributed by atoms with van der Waals surface area (Å²) in [6.07, 6.45) is 0. The smallest absolute Gasteiger partial charge is 0.252 e. The molecule has 1 rings (SSSR count). The zero-order valence-corrected chi connectivity index (χ0v) is 12.9. The third kappa shape index (κ3) is 3.79. The van der Waals surface area contributed by atoms with Gasteiger partial charge in [0, 0.05) is 14.1 Å². The maximum absolute atomic E-state index is 12.0. The van der Waals surface area contributed by atoms with Crippen LogP contribution < -0.4 is 5.32 Å². The molecule has 0 unspecified atom stereocenters. The molecule has 1 amide bonds. The van der Waals surface area contributed by atoms with Gasteiger partial charge in [-0.15, -0.1) is 0 Å². The molecule has 5 heteroatoms. The summed E-state index contributed by atoms with van der Waals surface area (Å²) in [6.45, 7) is 5.76. The van der Waals surface area contributed by atoms with Crippen molar-refractivity contribution in [3.8, 4) is 0 Å². The number of nitrogens with one attached hydrogen (secondary N) is 1. The summed E-state index contributed by atoms with van der Waals surface area (Å²) in [5.74, 6) is -0.165. The first-order chi connectivity index (χ1) is 7.20. The predicted molar refractivity (Wildman–Crippen MR) is 76.4 cm³/mol. The fraction of sp³-hybridized carbons (Fsp3) is 0.364. The molecule has 0 atom stereocenters. The maximum Gasteiger partial charge on any atom is 0.252 e. The van der Waals surface area contributed by atoms with Gasteiger partial charge in [-0.05, 0) is 55.5 Å². The van der Waals surface area contributed by atoms with Crippen molar-refractivity contribution in [2.24, 2.45) is 0 Å². The van der Waals surface area contributed by atoms with E-state index in [1.165, 1.54) is 0 Å². The van der Waals surface area contributed by atoms with E-state index in [4.69, 9.17) is 23.2 Å². The molecular formula is C11H12Cl2INO. The first kappa shape index (κ1) is 14.1. The Kier molecular flexibility index (Phi) is 4.49. The molecule has 0 aliphatic carbocycles. The van der Waals surface area contributed by atoms with Gasteiger partial charge in [-0.25, -0.2) is 0 Å². The van der Waals surface area contributed by atoms with E-state index in [2.05, 4.69) is 5.32 Å². The van der Waals surface area contributed by atoms with Crippen LogP contribution >= 0.6 is 45.8 Å². The summed E-state index contributed by atoms with van der Waals surface area (Å²) in [5, 5.41) is 3.82. The molecule has 0 radical (unpaired) electrons. The van der Waals surface area contributed by atoms with Crippen LogP contribution in [0.3, 0.4) is 0 Å². The normalized spacial score (nSPS) is 11.4. The number of hydrogen-bond acceptors (Lipinski definition) is 1. The van der Waals surface area contributed by atoms with Gasteiger partial charge in [0.2, 0.25) is 0 Å². The first-order valence-electron chi connectivity index (χ1n) is 4.68. The van der Waals surface area contributed by atoms with E-state index >= 15 is 0 Å². The number of amides is 1. The van der Waals surface area contributed by atoms with Crippen LogP contribution in [0.25, 0.3) is 0 Å². The minimum absolute atomic E-state index is 0.165. The molecule has 0 spiro atoms. The number of carbonyl (C=O) groups excluding carboxylic acids is 1. The second kappa shape index (κ2) is 5.10. The number of hydrogen-bond donors (Lipinski definition) is 1. The van der Waals surface area contributed by atoms with Gasteiger partial charge in [0.05, 0.1) is 10.6 Å². The van der Waals surface area contributed by atoms with Crippen molar-refractivity contribution in [2.45, 2.75) is 26.3 Å². The van der Waals surface area contributed by atoms with Crippen LogP contribution in [0.15, 0.2) is 12.1 Å². The third-order valence-corrected chi connectivity index (χ3v) is 3.72. The van der Waals surface area contributed by atoms with E-state index in [1.807, 2.05) is 43.4 Å². The van der Waals surface area contributed by atoms with Gasteiger partial charge in [0.25, 0.3) is 5.91 Å². The molecule has 0 bridgehead atoms. The number of carbonyl (C=O) groups is 1. The number of rotatable bonds is 1. The molecule has 2 nitrogen and oxygen atoms in total. The largest absolute Gasteiger partial charge is 0.347 e. The maximum atomic E-state index is 12.0. The molecular weight excluding hydrogens is 360 g/mol. The lowest BCUT2D eigenvalue weighted by molar-refractivity contribution is 0.0918. The van der Waals surface area contributed by atoms with Crippen molar-refractivity contribution in [3.05, 3.63) is 31.3 Å². The summed E-state index contributed by atoms with van der Waals surface area (Å²) >= 11 is 13.9. The molecule has 0 saturated heterocycles. The molecule has 16 heavy (non-hydrogen) atoms. The van der Waals surface area contributed by atoms with Crippen molar-refractivity contribution in [1.82, 2.24) is 5.32 Å². The van der Waals surface area contributed by atoms with Gasteiger partial charge >= 0.3 is 0 Å². The first-order valence-corrected chi connectivity index (χ1v) is 6.51. The van der Waals surface area contributed by atoms with Crippen LogP contribution in [0.5, 0.6) is 0 Å². The van der Waals surface area contributed by atoms with E-state index in [0.717, 1.165) is 0 Å². The molecule has 1 aromatic carbocycles. The fourth-order valence-electron chi connectivity index (χ4n) is 1.13. The van der Waals surface area contributed by atoms with E-state index in [-0.39, 0.29) is 11.4 Å². The Labute approximate surface area is 119 Å². The highest BCUT2D eigenvalue weighted by atomic mass is 127. The molecule has 1 N–H and O–H groups in total. The molecule has 0 aliphatic rings. The summed E-state index contributed by atoms with van der Waals surface area (Å²) < 4.78 is 0.713. The molecule has 0 aliphatic heterocycles. The van der Waals surface area contributed by atoms with Gasteiger partial charge in [0.1, 0.15) is 0 Å². The summed E-state index contributed by atoms with van der Waals surface area (Å²) in [4.78, 5) is 12.0. The molecule has 0 saturated carbocycles. The van der Waals surface area contributed by atoms with Gasteiger partial charge in [-0.1, -0.05) is 23.2 Å². The van der Waals surface area contributed by atoms with Gasteiger partial charge in [0.15, 0.2) is 0 Å².